The van der Waals surface area contributed by atoms with Gasteiger partial charge < -0.3 is 10.6 Å². The molecule has 0 bridgehead atoms. The highest BCUT2D eigenvalue weighted by Gasteiger charge is 2.34. The second-order valence-corrected chi connectivity index (χ2v) is 8.04. The molecule has 1 aliphatic heterocycles. The Hall–Kier alpha value is -1.82. The summed E-state index contributed by atoms with van der Waals surface area (Å²) in [4.78, 5) is 38.2. The van der Waals surface area contributed by atoms with Crippen molar-refractivity contribution in [2.75, 3.05) is 18.1 Å². The van der Waals surface area contributed by atoms with Crippen LogP contribution in [0.2, 0.25) is 0 Å². The number of hydrogen-bond acceptors (Lipinski definition) is 4. The molecule has 0 saturated carbocycles. The molecule has 0 aliphatic carbocycles. The predicted molar refractivity (Wildman–Crippen MR) is 95.8 cm³/mol. The molecule has 1 aliphatic rings. The van der Waals surface area contributed by atoms with Gasteiger partial charge in [0.1, 0.15) is 6.04 Å². The smallest absolute Gasteiger partial charge is 0.241 e. The Balaban J connectivity index is 2.01. The SMILES string of the molecule is CC(C)(CC(=O)c1ccccc1)CC(=O)N1CCSCC1C(N)=O. The Morgan fingerprint density at radius 1 is 1.21 bits per heavy atom. The Morgan fingerprint density at radius 3 is 2.50 bits per heavy atom. The molecule has 5 nitrogen and oxygen atoms in total. The number of benzene rings is 1. The summed E-state index contributed by atoms with van der Waals surface area (Å²) in [7, 11) is 0. The fourth-order valence-corrected chi connectivity index (χ4v) is 3.93. The van der Waals surface area contributed by atoms with Crippen LogP contribution in [0.1, 0.15) is 37.0 Å². The normalized spacial score (nSPS) is 18.2. The van der Waals surface area contributed by atoms with Crippen molar-refractivity contribution in [2.24, 2.45) is 11.1 Å². The molecule has 2 amide bonds. The van der Waals surface area contributed by atoms with E-state index in [0.29, 0.717) is 17.9 Å². The van der Waals surface area contributed by atoms with Gasteiger partial charge in [0.15, 0.2) is 5.78 Å². The third-order valence-electron chi connectivity index (χ3n) is 4.14. The minimum Gasteiger partial charge on any atom is -0.368 e. The zero-order valence-electron chi connectivity index (χ0n) is 14.2. The first-order valence-corrected chi connectivity index (χ1v) is 9.20. The van der Waals surface area contributed by atoms with Crippen LogP contribution in [-0.2, 0) is 9.59 Å². The van der Waals surface area contributed by atoms with Gasteiger partial charge in [-0.3, -0.25) is 14.4 Å². The topological polar surface area (TPSA) is 80.5 Å². The first-order chi connectivity index (χ1) is 11.3. The van der Waals surface area contributed by atoms with Crippen LogP contribution >= 0.6 is 11.8 Å². The van der Waals surface area contributed by atoms with E-state index in [2.05, 4.69) is 0 Å². The minimum absolute atomic E-state index is 0.0223. The zero-order valence-corrected chi connectivity index (χ0v) is 15.0. The standard InChI is InChI=1S/C18H24N2O3S/c1-18(2,10-15(21)13-6-4-3-5-7-13)11-16(22)20-8-9-24-12-14(20)17(19)23/h3-7,14H,8-12H2,1-2H3,(H2,19,23). The van der Waals surface area contributed by atoms with Gasteiger partial charge in [-0.05, 0) is 5.41 Å². The summed E-state index contributed by atoms with van der Waals surface area (Å²) in [6.07, 6.45) is 0.507. The Kier molecular flexibility index (Phi) is 6.04. The first-order valence-electron chi connectivity index (χ1n) is 8.05. The quantitative estimate of drug-likeness (QED) is 0.799. The van der Waals surface area contributed by atoms with Gasteiger partial charge in [-0.15, -0.1) is 0 Å². The number of carbonyl (C=O) groups excluding carboxylic acids is 3. The maximum Gasteiger partial charge on any atom is 0.241 e. The van der Waals surface area contributed by atoms with E-state index in [1.54, 1.807) is 28.8 Å². The minimum atomic E-state index is -0.545. The number of thioether (sulfide) groups is 1. The number of carbonyl (C=O) groups is 3. The fourth-order valence-electron chi connectivity index (χ4n) is 2.87. The average molecular weight is 348 g/mol. The number of nitrogens with zero attached hydrogens (tertiary/aromatic N) is 1. The number of ketones is 1. The molecule has 2 rings (SSSR count). The van der Waals surface area contributed by atoms with E-state index >= 15 is 0 Å². The summed E-state index contributed by atoms with van der Waals surface area (Å²) in [5, 5.41) is 0. The fraction of sp³-hybridized carbons (Fsp3) is 0.500. The molecule has 1 unspecified atom stereocenters. The molecule has 1 aromatic carbocycles. The van der Waals surface area contributed by atoms with E-state index in [-0.39, 0.29) is 24.5 Å². The van der Waals surface area contributed by atoms with E-state index in [9.17, 15) is 14.4 Å². The number of primary amides is 1. The van der Waals surface area contributed by atoms with Crippen LogP contribution < -0.4 is 5.73 Å². The second kappa shape index (κ2) is 7.83. The molecule has 2 N–H and O–H groups in total. The van der Waals surface area contributed by atoms with E-state index in [1.807, 2.05) is 32.0 Å². The van der Waals surface area contributed by atoms with Gasteiger partial charge >= 0.3 is 0 Å². The molecule has 1 atom stereocenters. The summed E-state index contributed by atoms with van der Waals surface area (Å²) in [5.74, 6) is 0.802. The highest BCUT2D eigenvalue weighted by Crippen LogP contribution is 2.29. The van der Waals surface area contributed by atoms with Crippen molar-refractivity contribution in [1.29, 1.82) is 0 Å². The predicted octanol–water partition coefficient (Wildman–Crippen LogP) is 2.10. The molecule has 6 heteroatoms. The molecule has 1 aromatic rings. The Bertz CT molecular complexity index is 616. The van der Waals surface area contributed by atoms with Crippen LogP contribution in [0.3, 0.4) is 0 Å². The van der Waals surface area contributed by atoms with E-state index in [1.165, 1.54) is 0 Å². The highest BCUT2D eigenvalue weighted by atomic mass is 32.2. The third-order valence-corrected chi connectivity index (χ3v) is 5.16. The monoisotopic (exact) mass is 348 g/mol. The van der Waals surface area contributed by atoms with E-state index in [0.717, 1.165) is 5.75 Å². The van der Waals surface area contributed by atoms with Gasteiger partial charge in [-0.1, -0.05) is 44.2 Å². The van der Waals surface area contributed by atoms with Crippen molar-refractivity contribution in [3.05, 3.63) is 35.9 Å². The van der Waals surface area contributed by atoms with Crippen molar-refractivity contribution < 1.29 is 14.4 Å². The second-order valence-electron chi connectivity index (χ2n) is 6.89. The van der Waals surface area contributed by atoms with Gasteiger partial charge in [0.05, 0.1) is 0 Å². The Labute approximate surface area is 147 Å². The van der Waals surface area contributed by atoms with Crippen LogP contribution in [0.4, 0.5) is 0 Å². The molecule has 1 fully saturated rings. The first kappa shape index (κ1) is 18.5. The van der Waals surface area contributed by atoms with E-state index in [4.69, 9.17) is 5.73 Å². The molecular weight excluding hydrogens is 324 g/mol. The summed E-state index contributed by atoms with van der Waals surface area (Å²) in [5.41, 5.74) is 5.60. The molecule has 1 heterocycles. The van der Waals surface area contributed by atoms with E-state index < -0.39 is 17.4 Å². The van der Waals surface area contributed by atoms with Crippen molar-refractivity contribution in [2.45, 2.75) is 32.7 Å². The number of hydrogen-bond donors (Lipinski definition) is 1. The molecule has 0 spiro atoms. The molecule has 1 saturated heterocycles. The Morgan fingerprint density at radius 2 is 1.88 bits per heavy atom. The van der Waals surface area contributed by atoms with Crippen molar-refractivity contribution in [3.8, 4) is 0 Å². The molecule has 0 radical (unpaired) electrons. The molecular formula is C18H24N2O3S. The lowest BCUT2D eigenvalue weighted by atomic mass is 9.82. The van der Waals surface area contributed by atoms with Crippen molar-refractivity contribution >= 4 is 29.4 Å². The van der Waals surface area contributed by atoms with Gasteiger partial charge in [0, 0.05) is 36.5 Å². The largest absolute Gasteiger partial charge is 0.368 e. The summed E-state index contributed by atoms with van der Waals surface area (Å²) >= 11 is 1.63. The number of nitrogens with two attached hydrogens (primary N) is 1. The maximum absolute atomic E-state index is 12.6. The summed E-state index contributed by atoms with van der Waals surface area (Å²) in [6.45, 7) is 4.34. The van der Waals surface area contributed by atoms with Gasteiger partial charge in [-0.25, -0.2) is 0 Å². The van der Waals surface area contributed by atoms with Gasteiger partial charge in [0.2, 0.25) is 11.8 Å². The van der Waals surface area contributed by atoms with Crippen LogP contribution in [-0.4, -0.2) is 46.6 Å². The van der Waals surface area contributed by atoms with Gasteiger partial charge in [0.25, 0.3) is 0 Å². The summed E-state index contributed by atoms with van der Waals surface area (Å²) in [6, 6.07) is 8.54. The lowest BCUT2D eigenvalue weighted by Crippen LogP contribution is -2.53. The van der Waals surface area contributed by atoms with Crippen LogP contribution in [0.15, 0.2) is 30.3 Å². The zero-order chi connectivity index (χ0) is 17.7. The molecule has 0 aromatic heterocycles. The van der Waals surface area contributed by atoms with Gasteiger partial charge in [-0.2, -0.15) is 11.8 Å². The average Bonchev–Trinajstić information content (AvgIpc) is 2.54. The maximum atomic E-state index is 12.6. The van der Waals surface area contributed by atoms with Crippen LogP contribution in [0, 0.1) is 5.41 Å². The van der Waals surface area contributed by atoms with Crippen molar-refractivity contribution in [1.82, 2.24) is 4.90 Å². The van der Waals surface area contributed by atoms with Crippen molar-refractivity contribution in [3.63, 3.8) is 0 Å². The number of Topliss-reactive ketones (excluding diaryl/α,β-unsaturated/α-hetero) is 1. The summed E-state index contributed by atoms with van der Waals surface area (Å²) < 4.78 is 0. The molecule has 24 heavy (non-hydrogen) atoms. The third kappa shape index (κ3) is 4.84. The number of amides is 2. The van der Waals surface area contributed by atoms with Crippen LogP contribution in [0.5, 0.6) is 0 Å². The van der Waals surface area contributed by atoms with Crippen LogP contribution in [0.25, 0.3) is 0 Å². The highest BCUT2D eigenvalue weighted by molar-refractivity contribution is 7.99. The number of rotatable bonds is 6. The lowest BCUT2D eigenvalue weighted by Gasteiger charge is -2.35. The lowest BCUT2D eigenvalue weighted by molar-refractivity contribution is -0.140. The molecule has 130 valence electrons.